The summed E-state index contributed by atoms with van der Waals surface area (Å²) in [6.07, 6.45) is 4.90. The van der Waals surface area contributed by atoms with Crippen molar-refractivity contribution in [3.8, 4) is 12.3 Å². The molecule has 0 fully saturated rings. The Labute approximate surface area is 92.3 Å². The molecule has 3 nitrogen and oxygen atoms in total. The molecule has 1 rings (SSSR count). The van der Waals surface area contributed by atoms with E-state index in [1.165, 1.54) is 0 Å². The van der Waals surface area contributed by atoms with Crippen molar-refractivity contribution in [3.05, 3.63) is 29.0 Å². The number of sulfonamides is 1. The molecule has 0 bridgehead atoms. The van der Waals surface area contributed by atoms with E-state index in [1.807, 2.05) is 0 Å². The average molecular weight is 248 g/mol. The summed E-state index contributed by atoms with van der Waals surface area (Å²) >= 11 is 5.45. The van der Waals surface area contributed by atoms with E-state index < -0.39 is 15.8 Å². The van der Waals surface area contributed by atoms with Crippen LogP contribution in [0.15, 0.2) is 23.1 Å². The van der Waals surface area contributed by atoms with Crippen LogP contribution in [0.5, 0.6) is 0 Å². The van der Waals surface area contributed by atoms with Gasteiger partial charge in [-0.3, -0.25) is 0 Å². The van der Waals surface area contributed by atoms with Crippen molar-refractivity contribution >= 4 is 21.6 Å². The summed E-state index contributed by atoms with van der Waals surface area (Å²) in [5.41, 5.74) is 0. The minimum atomic E-state index is -3.71. The van der Waals surface area contributed by atoms with E-state index in [9.17, 15) is 12.8 Å². The van der Waals surface area contributed by atoms with Crippen molar-refractivity contribution < 1.29 is 12.8 Å². The zero-order valence-electron chi connectivity index (χ0n) is 7.50. The molecule has 0 radical (unpaired) electrons. The van der Waals surface area contributed by atoms with Crippen LogP contribution >= 0.6 is 11.6 Å². The first-order valence-electron chi connectivity index (χ1n) is 3.85. The third kappa shape index (κ3) is 2.93. The molecule has 1 aromatic carbocycles. The molecule has 0 saturated heterocycles. The van der Waals surface area contributed by atoms with E-state index >= 15 is 0 Å². The fourth-order valence-electron chi connectivity index (χ4n) is 0.864. The maximum absolute atomic E-state index is 12.8. The van der Waals surface area contributed by atoms with Gasteiger partial charge in [-0.15, -0.1) is 6.42 Å². The number of rotatable bonds is 3. The Kier molecular flexibility index (Phi) is 3.69. The maximum Gasteiger partial charge on any atom is 0.241 e. The van der Waals surface area contributed by atoms with Gasteiger partial charge in [-0.1, -0.05) is 17.5 Å². The van der Waals surface area contributed by atoms with Crippen LogP contribution in [0.3, 0.4) is 0 Å². The second-order valence-corrected chi connectivity index (χ2v) is 4.78. The third-order valence-corrected chi connectivity index (χ3v) is 3.25. The number of hydrogen-bond donors (Lipinski definition) is 1. The standard InChI is InChI=1S/C9H7ClFNO2S/c1-2-5-12-15(13,14)7-3-4-9(11)8(10)6-7/h1,3-4,6,12H,5H2. The number of nitrogens with one attached hydrogen (secondary N) is 1. The molecule has 15 heavy (non-hydrogen) atoms. The summed E-state index contributed by atoms with van der Waals surface area (Å²) in [5.74, 6) is 1.45. The van der Waals surface area contributed by atoms with Crippen molar-refractivity contribution in [2.75, 3.05) is 6.54 Å². The average Bonchev–Trinajstić information content (AvgIpc) is 2.19. The lowest BCUT2D eigenvalue weighted by molar-refractivity contribution is 0.585. The quantitative estimate of drug-likeness (QED) is 0.821. The molecule has 0 saturated carbocycles. The fourth-order valence-corrected chi connectivity index (χ4v) is 2.07. The Balaban J connectivity index is 3.07. The normalized spacial score (nSPS) is 11.0. The number of hydrogen-bond acceptors (Lipinski definition) is 2. The summed E-state index contributed by atoms with van der Waals surface area (Å²) in [6.45, 7) is -0.128. The molecule has 1 aromatic rings. The zero-order chi connectivity index (χ0) is 11.5. The molecule has 0 amide bonds. The van der Waals surface area contributed by atoms with E-state index in [1.54, 1.807) is 0 Å². The second kappa shape index (κ2) is 4.62. The molecule has 0 aromatic heterocycles. The largest absolute Gasteiger partial charge is 0.241 e. The molecular weight excluding hydrogens is 241 g/mol. The van der Waals surface area contributed by atoms with Gasteiger partial charge in [0.05, 0.1) is 16.5 Å². The van der Waals surface area contributed by atoms with Gasteiger partial charge in [0.1, 0.15) is 5.82 Å². The minimum Gasteiger partial charge on any atom is -0.207 e. The Morgan fingerprint density at radius 1 is 1.53 bits per heavy atom. The first-order valence-corrected chi connectivity index (χ1v) is 5.71. The van der Waals surface area contributed by atoms with Crippen LogP contribution in [0.25, 0.3) is 0 Å². The Morgan fingerprint density at radius 3 is 2.73 bits per heavy atom. The lowest BCUT2D eigenvalue weighted by Crippen LogP contribution is -2.23. The molecule has 0 spiro atoms. The number of benzene rings is 1. The molecule has 0 aliphatic rings. The Bertz CT molecular complexity index is 507. The van der Waals surface area contributed by atoms with Crippen molar-refractivity contribution in [2.45, 2.75) is 4.90 Å². The number of halogens is 2. The highest BCUT2D eigenvalue weighted by Gasteiger charge is 2.14. The van der Waals surface area contributed by atoms with Gasteiger partial charge >= 0.3 is 0 Å². The smallest absolute Gasteiger partial charge is 0.207 e. The fraction of sp³-hybridized carbons (Fsp3) is 0.111. The molecule has 0 unspecified atom stereocenters. The predicted molar refractivity (Wildman–Crippen MR) is 55.4 cm³/mol. The van der Waals surface area contributed by atoms with Crippen LogP contribution in [0.2, 0.25) is 5.02 Å². The Morgan fingerprint density at radius 2 is 2.20 bits per heavy atom. The summed E-state index contributed by atoms with van der Waals surface area (Å²) < 4.78 is 37.8. The van der Waals surface area contributed by atoms with Gasteiger partial charge in [0, 0.05) is 0 Å². The molecule has 0 heterocycles. The van der Waals surface area contributed by atoms with Gasteiger partial charge in [0.15, 0.2) is 0 Å². The van der Waals surface area contributed by atoms with Gasteiger partial charge in [-0.25, -0.2) is 12.8 Å². The van der Waals surface area contributed by atoms with Crippen LogP contribution in [0.1, 0.15) is 0 Å². The number of terminal acetylenes is 1. The maximum atomic E-state index is 12.8. The van der Waals surface area contributed by atoms with Crippen molar-refractivity contribution in [3.63, 3.8) is 0 Å². The SMILES string of the molecule is C#CCNS(=O)(=O)c1ccc(F)c(Cl)c1. The van der Waals surface area contributed by atoms with Gasteiger partial charge in [0.2, 0.25) is 10.0 Å². The predicted octanol–water partition coefficient (Wildman–Crippen LogP) is 1.39. The van der Waals surface area contributed by atoms with Crippen LogP contribution in [0.4, 0.5) is 4.39 Å². The van der Waals surface area contributed by atoms with E-state index in [2.05, 4.69) is 10.6 Å². The summed E-state index contributed by atoms with van der Waals surface area (Å²) in [6, 6.07) is 3.11. The van der Waals surface area contributed by atoms with Crippen LogP contribution in [-0.2, 0) is 10.0 Å². The van der Waals surface area contributed by atoms with Crippen LogP contribution in [0, 0.1) is 18.2 Å². The van der Waals surface area contributed by atoms with E-state index in [4.69, 9.17) is 18.0 Å². The summed E-state index contributed by atoms with van der Waals surface area (Å²) in [5, 5.41) is -0.251. The zero-order valence-corrected chi connectivity index (χ0v) is 9.07. The minimum absolute atomic E-state index is 0.121. The molecule has 1 N–H and O–H groups in total. The highest BCUT2D eigenvalue weighted by molar-refractivity contribution is 7.89. The van der Waals surface area contributed by atoms with E-state index in [0.29, 0.717) is 0 Å². The van der Waals surface area contributed by atoms with Gasteiger partial charge in [-0.05, 0) is 18.2 Å². The lowest BCUT2D eigenvalue weighted by atomic mass is 10.3. The van der Waals surface area contributed by atoms with Crippen molar-refractivity contribution in [1.29, 1.82) is 0 Å². The lowest BCUT2D eigenvalue weighted by Gasteiger charge is -2.04. The molecule has 80 valence electrons. The van der Waals surface area contributed by atoms with Crippen LogP contribution in [-0.4, -0.2) is 15.0 Å². The summed E-state index contributed by atoms with van der Waals surface area (Å²) in [7, 11) is -3.71. The Hall–Kier alpha value is -1.09. The molecule has 0 aliphatic heterocycles. The molecule has 0 atom stereocenters. The van der Waals surface area contributed by atoms with E-state index in [-0.39, 0.29) is 16.5 Å². The first kappa shape index (κ1) is 12.0. The van der Waals surface area contributed by atoms with Gasteiger partial charge in [-0.2, -0.15) is 4.72 Å². The molecular formula is C9H7ClFNO2S. The molecule has 0 aliphatic carbocycles. The summed E-state index contributed by atoms with van der Waals surface area (Å²) in [4.78, 5) is -0.121. The van der Waals surface area contributed by atoms with Crippen LogP contribution < -0.4 is 4.72 Å². The van der Waals surface area contributed by atoms with Gasteiger partial charge in [0.25, 0.3) is 0 Å². The van der Waals surface area contributed by atoms with Crippen molar-refractivity contribution in [2.24, 2.45) is 0 Å². The molecule has 6 heteroatoms. The highest BCUT2D eigenvalue weighted by atomic mass is 35.5. The highest BCUT2D eigenvalue weighted by Crippen LogP contribution is 2.18. The third-order valence-electron chi connectivity index (χ3n) is 1.57. The van der Waals surface area contributed by atoms with E-state index in [0.717, 1.165) is 18.2 Å². The van der Waals surface area contributed by atoms with Gasteiger partial charge < -0.3 is 0 Å². The first-order chi connectivity index (χ1) is 6.97. The van der Waals surface area contributed by atoms with Crippen molar-refractivity contribution in [1.82, 2.24) is 4.72 Å². The second-order valence-electron chi connectivity index (χ2n) is 2.60. The monoisotopic (exact) mass is 247 g/mol. The topological polar surface area (TPSA) is 46.2 Å².